The first kappa shape index (κ1) is 32.0. The van der Waals surface area contributed by atoms with Crippen molar-refractivity contribution in [2.75, 3.05) is 0 Å². The number of aryl methyl sites for hydroxylation is 2. The number of nitrogens with zero attached hydrogens (tertiary/aromatic N) is 2. The van der Waals surface area contributed by atoms with Crippen LogP contribution in [0.3, 0.4) is 0 Å². The Morgan fingerprint density at radius 2 is 1.52 bits per heavy atom. The maximum absolute atomic E-state index is 9.30. The maximum atomic E-state index is 9.30. The summed E-state index contributed by atoms with van der Waals surface area (Å²) in [5.41, 5.74) is 6.46. The smallest absolute Gasteiger partial charge is 0.121 e. The predicted molar refractivity (Wildman–Crippen MR) is 243 cm³/mol. The summed E-state index contributed by atoms with van der Waals surface area (Å²) in [6.45, 7) is 6.01. The van der Waals surface area contributed by atoms with Crippen LogP contribution in [0, 0.1) is 31.3 Å². The molecule has 1 radical (unpaired) electrons. The summed E-state index contributed by atoms with van der Waals surface area (Å²) in [5.74, 6) is -1.04. The van der Waals surface area contributed by atoms with Gasteiger partial charge in [-0.1, -0.05) is 123 Å². The van der Waals surface area contributed by atoms with Crippen LogP contribution in [0.1, 0.15) is 73.1 Å². The zero-order valence-corrected chi connectivity index (χ0v) is 37.0. The van der Waals surface area contributed by atoms with Crippen LogP contribution >= 0.6 is 0 Å². The normalized spacial score (nSPS) is 17.1. The van der Waals surface area contributed by atoms with Gasteiger partial charge in [0.25, 0.3) is 0 Å². The van der Waals surface area contributed by atoms with Crippen molar-refractivity contribution in [3.63, 3.8) is 0 Å². The van der Waals surface area contributed by atoms with E-state index in [2.05, 4.69) is 67.7 Å². The molecule has 1 saturated carbocycles. The molecule has 0 aliphatic heterocycles. The third-order valence-corrected chi connectivity index (χ3v) is 13.2. The molecule has 5 aromatic carbocycles. The summed E-state index contributed by atoms with van der Waals surface area (Å²) in [5, 5.41) is 3.12. The van der Waals surface area contributed by atoms with E-state index in [1.165, 1.54) is 23.5 Å². The Morgan fingerprint density at radius 3 is 2.22 bits per heavy atom. The van der Waals surface area contributed by atoms with E-state index in [9.17, 15) is 1.37 Å². The van der Waals surface area contributed by atoms with E-state index in [-0.39, 0.29) is 53.8 Å². The van der Waals surface area contributed by atoms with E-state index in [1.54, 1.807) is 12.1 Å². The van der Waals surface area contributed by atoms with E-state index < -0.39 is 27.7 Å². The van der Waals surface area contributed by atoms with Crippen LogP contribution < -0.4 is 5.19 Å². The molecule has 5 heteroatoms. The second kappa shape index (κ2) is 17.1. The van der Waals surface area contributed by atoms with Gasteiger partial charge in [-0.3, -0.25) is 0 Å². The number of furan rings is 1. The fourth-order valence-electron chi connectivity index (χ4n) is 7.53. The van der Waals surface area contributed by atoms with E-state index >= 15 is 0 Å². The van der Waals surface area contributed by atoms with Crippen molar-refractivity contribution in [1.29, 1.82) is 0 Å². The molecule has 0 spiro atoms. The molecule has 0 N–H and O–H groups in total. The van der Waals surface area contributed by atoms with Crippen molar-refractivity contribution < 1.29 is 35.5 Å². The molecule has 9 rings (SSSR count). The summed E-state index contributed by atoms with van der Waals surface area (Å²) in [6, 6.07) is 42.8. The molecule has 3 aromatic heterocycles. The summed E-state index contributed by atoms with van der Waals surface area (Å²) < 4.78 is 75.4. The Balaban J connectivity index is 0.000000322. The van der Waals surface area contributed by atoms with Crippen LogP contribution in [0.15, 0.2) is 138 Å². The van der Waals surface area contributed by atoms with Gasteiger partial charge in [-0.2, -0.15) is 0 Å². The second-order valence-electron chi connectivity index (χ2n) is 16.8. The average Bonchev–Trinajstić information content (AvgIpc) is 3.65. The van der Waals surface area contributed by atoms with Crippen molar-refractivity contribution in [1.82, 2.24) is 9.97 Å². The van der Waals surface area contributed by atoms with Crippen molar-refractivity contribution in [2.45, 2.75) is 78.8 Å². The summed E-state index contributed by atoms with van der Waals surface area (Å²) in [7, 11) is -1.23. The quantitative estimate of drug-likeness (QED) is 0.123. The molecule has 0 unspecified atom stereocenters. The van der Waals surface area contributed by atoms with Crippen LogP contribution in [-0.4, -0.2) is 18.0 Å². The zero-order chi connectivity index (χ0) is 46.5. The van der Waals surface area contributed by atoms with Gasteiger partial charge >= 0.3 is 0 Å². The number of hydrogen-bond donors (Lipinski definition) is 0. The van der Waals surface area contributed by atoms with Crippen LogP contribution in [-0.2, 0) is 20.1 Å². The Labute approximate surface area is 370 Å². The number of fused-ring (bicyclic) bond motifs is 3. The average molecular weight is 961 g/mol. The molecule has 58 heavy (non-hydrogen) atoms. The van der Waals surface area contributed by atoms with E-state index in [1.807, 2.05) is 85.1 Å². The SMILES string of the molecule is C[Si](C)(C)c1ccc(-c2[c-]cccc2)nc1.[2H]c1cc(C2([2H])CCC(C)(C)CC2)cc(C([2H])([2H])[2H])c1-c1cc(-c2[c-]ccc3c2oc2cc(-c4ccccc4)ccc23)ncc1C([2H])([2H])[2H].[Ir]. The molecular formula is C53H52IrN2OSi-2. The molecular weight excluding hydrogens is 901 g/mol. The third kappa shape index (κ3) is 8.88. The van der Waals surface area contributed by atoms with Crippen molar-refractivity contribution >= 4 is 35.2 Å². The van der Waals surface area contributed by atoms with Gasteiger partial charge in [0.15, 0.2) is 0 Å². The van der Waals surface area contributed by atoms with Crippen molar-refractivity contribution in [2.24, 2.45) is 5.41 Å². The Morgan fingerprint density at radius 1 is 0.741 bits per heavy atom. The number of rotatable bonds is 6. The molecule has 0 saturated heterocycles. The maximum Gasteiger partial charge on any atom is 0.121 e. The second-order valence-corrected chi connectivity index (χ2v) is 21.9. The Bertz CT molecular complexity index is 2990. The van der Waals surface area contributed by atoms with Gasteiger partial charge in [0.2, 0.25) is 0 Å². The number of pyridine rings is 2. The molecule has 1 aliphatic carbocycles. The van der Waals surface area contributed by atoms with Crippen molar-refractivity contribution in [3.8, 4) is 44.8 Å². The summed E-state index contributed by atoms with van der Waals surface area (Å²) in [4.78, 5) is 9.06. The standard InChI is InChI=1S/C39H36NO.C14H16NSi.Ir/c1-25-21-29(28-17-19-39(3,4)20-18-28)13-15-31(25)35-23-36(40-24-26(35)2)34-12-8-11-33-32-16-14-30(22-37(32)41-38(33)34)27-9-6-5-7-10-27;1-16(2,3)13-9-10-14(15-11-13)12-7-5-4-6-8-12;/h5-11,13-16,21-24,28H,17-20H2,1-4H3;4-7,9-11H,1-3H3;/q2*-1;/i1D3,2D3,15D,28D;;. The van der Waals surface area contributed by atoms with Crippen LogP contribution in [0.4, 0.5) is 0 Å². The number of hydrogen-bond acceptors (Lipinski definition) is 3. The van der Waals surface area contributed by atoms with Crippen LogP contribution in [0.5, 0.6) is 0 Å². The van der Waals surface area contributed by atoms with E-state index in [4.69, 9.17) is 14.0 Å². The molecule has 0 amide bonds. The summed E-state index contributed by atoms with van der Waals surface area (Å²) >= 11 is 0. The molecule has 295 valence electrons. The number of aromatic nitrogens is 2. The van der Waals surface area contributed by atoms with Crippen LogP contribution in [0.25, 0.3) is 66.7 Å². The van der Waals surface area contributed by atoms with Gasteiger partial charge in [-0.15, -0.1) is 54.1 Å². The fourth-order valence-corrected chi connectivity index (χ4v) is 8.57. The Hall–Kier alpha value is -4.93. The molecule has 8 aromatic rings. The minimum atomic E-state index is -2.68. The molecule has 3 nitrogen and oxygen atoms in total. The first-order valence-corrected chi connectivity index (χ1v) is 23.1. The van der Waals surface area contributed by atoms with Gasteiger partial charge in [0.05, 0.1) is 15.0 Å². The zero-order valence-electron chi connectivity index (χ0n) is 41.6. The minimum absolute atomic E-state index is 0. The van der Waals surface area contributed by atoms with Crippen LogP contribution in [0.2, 0.25) is 19.6 Å². The van der Waals surface area contributed by atoms with Crippen molar-refractivity contribution in [3.05, 3.63) is 163 Å². The molecule has 0 atom stereocenters. The van der Waals surface area contributed by atoms with Gasteiger partial charge in [0.1, 0.15) is 5.58 Å². The minimum Gasteiger partial charge on any atom is -0.501 e. The molecule has 0 bridgehead atoms. The van der Waals surface area contributed by atoms with Gasteiger partial charge < -0.3 is 14.4 Å². The molecule has 1 aliphatic rings. The fraction of sp³-hybridized carbons (Fsp3) is 0.245. The van der Waals surface area contributed by atoms with Gasteiger partial charge in [-0.05, 0) is 112 Å². The van der Waals surface area contributed by atoms with Gasteiger partial charge in [0, 0.05) is 47.5 Å². The molecule has 1 fully saturated rings. The first-order chi connectivity index (χ1) is 30.6. The predicted octanol–water partition coefficient (Wildman–Crippen LogP) is 14.2. The largest absolute Gasteiger partial charge is 0.501 e. The molecule has 3 heterocycles. The monoisotopic (exact) mass is 961 g/mol. The van der Waals surface area contributed by atoms with E-state index in [0.29, 0.717) is 40.8 Å². The number of benzene rings is 5. The topological polar surface area (TPSA) is 38.9 Å². The Kier molecular flexibility index (Phi) is 9.44. The van der Waals surface area contributed by atoms with Gasteiger partial charge in [-0.25, -0.2) is 0 Å². The third-order valence-electron chi connectivity index (χ3n) is 11.1. The van der Waals surface area contributed by atoms with E-state index in [0.717, 1.165) is 46.0 Å². The summed E-state index contributed by atoms with van der Waals surface area (Å²) in [6.07, 6.45) is 5.97. The first-order valence-electron chi connectivity index (χ1n) is 23.6.